The van der Waals surface area contributed by atoms with E-state index in [1.807, 2.05) is 24.3 Å². The summed E-state index contributed by atoms with van der Waals surface area (Å²) in [6.07, 6.45) is 5.02. The van der Waals surface area contributed by atoms with Crippen molar-refractivity contribution in [1.29, 1.82) is 0 Å². The maximum Gasteiger partial charge on any atom is 0.314 e. The van der Waals surface area contributed by atoms with Crippen molar-refractivity contribution in [3.8, 4) is 28.4 Å². The second-order valence-corrected chi connectivity index (χ2v) is 7.34. The van der Waals surface area contributed by atoms with Crippen LogP contribution in [0, 0.1) is 5.92 Å². The van der Waals surface area contributed by atoms with E-state index in [1.54, 1.807) is 13.2 Å². The van der Waals surface area contributed by atoms with E-state index >= 15 is 0 Å². The zero-order valence-corrected chi connectivity index (χ0v) is 16.2. The van der Waals surface area contributed by atoms with E-state index in [1.165, 1.54) is 7.11 Å². The van der Waals surface area contributed by atoms with Crippen molar-refractivity contribution >= 4 is 11.8 Å². The molecule has 1 fully saturated rings. The average Bonchev–Trinajstić information content (AvgIpc) is 3.38. The van der Waals surface area contributed by atoms with Gasteiger partial charge >= 0.3 is 5.97 Å². The standard InChI is InChI=1S/C23H24O5/c1-26-20-13-11-18(15-8-5-9-17-16(15)10-12-19(17)24)21(22(20)27-2)28-23(25)14-6-3-4-7-14/h5,8-9,11,13-14H,3-4,6-7,10,12H2,1-2H3. The van der Waals surface area contributed by atoms with Crippen LogP contribution in [0.15, 0.2) is 30.3 Å². The smallest absolute Gasteiger partial charge is 0.314 e. The van der Waals surface area contributed by atoms with E-state index in [4.69, 9.17) is 14.2 Å². The van der Waals surface area contributed by atoms with Crippen LogP contribution in [0.25, 0.3) is 11.1 Å². The lowest BCUT2D eigenvalue weighted by Crippen LogP contribution is -2.18. The summed E-state index contributed by atoms with van der Waals surface area (Å²) >= 11 is 0. The van der Waals surface area contributed by atoms with Gasteiger partial charge in [-0.1, -0.05) is 31.0 Å². The van der Waals surface area contributed by atoms with Crippen molar-refractivity contribution in [2.45, 2.75) is 38.5 Å². The van der Waals surface area contributed by atoms with Gasteiger partial charge in [0.2, 0.25) is 5.75 Å². The Morgan fingerprint density at radius 2 is 1.64 bits per heavy atom. The van der Waals surface area contributed by atoms with Crippen LogP contribution < -0.4 is 14.2 Å². The lowest BCUT2D eigenvalue weighted by atomic mass is 9.95. The number of fused-ring (bicyclic) bond motifs is 1. The minimum absolute atomic E-state index is 0.0770. The fraction of sp³-hybridized carbons (Fsp3) is 0.391. The fourth-order valence-corrected chi connectivity index (χ4v) is 4.30. The molecule has 0 heterocycles. The minimum Gasteiger partial charge on any atom is -0.493 e. The maximum atomic E-state index is 12.8. The number of methoxy groups -OCH3 is 2. The number of Topliss-reactive ketones (excluding diaryl/α,β-unsaturated/α-hetero) is 1. The molecule has 0 radical (unpaired) electrons. The molecule has 28 heavy (non-hydrogen) atoms. The third-order valence-corrected chi connectivity index (χ3v) is 5.76. The molecular formula is C23H24O5. The molecule has 0 N–H and O–H groups in total. The first-order chi connectivity index (χ1) is 13.6. The van der Waals surface area contributed by atoms with Crippen molar-refractivity contribution in [1.82, 2.24) is 0 Å². The minimum atomic E-state index is -0.228. The van der Waals surface area contributed by atoms with Crippen molar-refractivity contribution in [2.75, 3.05) is 14.2 Å². The molecule has 0 aliphatic heterocycles. The molecule has 2 aromatic rings. The Labute approximate surface area is 164 Å². The van der Waals surface area contributed by atoms with Gasteiger partial charge in [-0.15, -0.1) is 0 Å². The Bertz CT molecular complexity index is 925. The largest absolute Gasteiger partial charge is 0.493 e. The SMILES string of the molecule is COc1ccc(-c2cccc3c2CCC3=O)c(OC(=O)C2CCCC2)c1OC. The fourth-order valence-electron chi connectivity index (χ4n) is 4.30. The Morgan fingerprint density at radius 1 is 0.893 bits per heavy atom. The molecule has 5 heteroatoms. The first kappa shape index (κ1) is 18.5. The molecule has 0 amide bonds. The van der Waals surface area contributed by atoms with Crippen molar-refractivity contribution in [3.63, 3.8) is 0 Å². The van der Waals surface area contributed by atoms with Crippen LogP contribution in [0.2, 0.25) is 0 Å². The van der Waals surface area contributed by atoms with Gasteiger partial charge in [0.25, 0.3) is 0 Å². The number of carbonyl (C=O) groups excluding carboxylic acids is 2. The van der Waals surface area contributed by atoms with Gasteiger partial charge in [-0.3, -0.25) is 9.59 Å². The number of rotatable bonds is 5. The van der Waals surface area contributed by atoms with E-state index < -0.39 is 0 Å². The molecule has 146 valence electrons. The van der Waals surface area contributed by atoms with E-state index in [0.717, 1.165) is 47.9 Å². The highest BCUT2D eigenvalue weighted by Crippen LogP contribution is 2.47. The second kappa shape index (κ2) is 7.66. The summed E-state index contributed by atoms with van der Waals surface area (Å²) in [7, 11) is 3.09. The quantitative estimate of drug-likeness (QED) is 0.561. The van der Waals surface area contributed by atoms with Crippen LogP contribution in [0.4, 0.5) is 0 Å². The summed E-state index contributed by atoms with van der Waals surface area (Å²) in [5, 5.41) is 0. The molecule has 0 aromatic heterocycles. The summed E-state index contributed by atoms with van der Waals surface area (Å²) < 4.78 is 16.9. The number of esters is 1. The highest BCUT2D eigenvalue weighted by atomic mass is 16.6. The summed E-state index contributed by atoms with van der Waals surface area (Å²) in [6.45, 7) is 0. The lowest BCUT2D eigenvalue weighted by molar-refractivity contribution is -0.138. The zero-order chi connectivity index (χ0) is 19.7. The first-order valence-electron chi connectivity index (χ1n) is 9.76. The van der Waals surface area contributed by atoms with Gasteiger partial charge in [0.1, 0.15) is 0 Å². The normalized spacial score (nSPS) is 16.1. The number of ether oxygens (including phenoxy) is 3. The van der Waals surface area contributed by atoms with E-state index in [2.05, 4.69) is 0 Å². The van der Waals surface area contributed by atoms with Crippen molar-refractivity contribution in [2.24, 2.45) is 5.92 Å². The van der Waals surface area contributed by atoms with Gasteiger partial charge in [-0.25, -0.2) is 0 Å². The average molecular weight is 380 g/mol. The molecule has 1 saturated carbocycles. The number of benzene rings is 2. The molecular weight excluding hydrogens is 356 g/mol. The molecule has 5 nitrogen and oxygen atoms in total. The van der Waals surface area contributed by atoms with E-state index in [0.29, 0.717) is 30.1 Å². The monoisotopic (exact) mass is 380 g/mol. The molecule has 2 aromatic carbocycles. The van der Waals surface area contributed by atoms with Crippen LogP contribution in [0.3, 0.4) is 0 Å². The van der Waals surface area contributed by atoms with Gasteiger partial charge in [-0.05, 0) is 42.5 Å². The Balaban J connectivity index is 1.84. The third kappa shape index (κ3) is 3.15. The molecule has 0 saturated heterocycles. The summed E-state index contributed by atoms with van der Waals surface area (Å²) in [4.78, 5) is 25.0. The van der Waals surface area contributed by atoms with Crippen LogP contribution in [0.1, 0.15) is 48.0 Å². The number of ketones is 1. The summed E-state index contributed by atoms with van der Waals surface area (Å²) in [5.74, 6) is 1.12. The topological polar surface area (TPSA) is 61.8 Å². The van der Waals surface area contributed by atoms with Gasteiger partial charge in [0.05, 0.1) is 20.1 Å². The van der Waals surface area contributed by atoms with Crippen molar-refractivity contribution < 1.29 is 23.8 Å². The van der Waals surface area contributed by atoms with Gasteiger partial charge in [0.15, 0.2) is 17.3 Å². The Kier molecular flexibility index (Phi) is 5.07. The van der Waals surface area contributed by atoms with Crippen molar-refractivity contribution in [3.05, 3.63) is 41.5 Å². The van der Waals surface area contributed by atoms with Crippen LogP contribution >= 0.6 is 0 Å². The highest BCUT2D eigenvalue weighted by molar-refractivity contribution is 6.03. The molecule has 2 aliphatic rings. The Hall–Kier alpha value is -2.82. The van der Waals surface area contributed by atoms with Gasteiger partial charge in [0, 0.05) is 17.5 Å². The summed E-state index contributed by atoms with van der Waals surface area (Å²) in [6, 6.07) is 9.37. The van der Waals surface area contributed by atoms with Crippen LogP contribution in [-0.4, -0.2) is 26.0 Å². The molecule has 0 spiro atoms. The number of hydrogen-bond acceptors (Lipinski definition) is 5. The summed E-state index contributed by atoms with van der Waals surface area (Å²) in [5.41, 5.74) is 3.40. The molecule has 0 unspecified atom stereocenters. The van der Waals surface area contributed by atoms with E-state index in [-0.39, 0.29) is 17.7 Å². The highest BCUT2D eigenvalue weighted by Gasteiger charge is 2.30. The second-order valence-electron chi connectivity index (χ2n) is 7.34. The van der Waals surface area contributed by atoms with Gasteiger partial charge in [-0.2, -0.15) is 0 Å². The molecule has 0 atom stereocenters. The maximum absolute atomic E-state index is 12.8. The number of hydrogen-bond donors (Lipinski definition) is 0. The molecule has 4 rings (SSSR count). The van der Waals surface area contributed by atoms with Crippen LogP contribution in [0.5, 0.6) is 17.2 Å². The number of carbonyl (C=O) groups is 2. The van der Waals surface area contributed by atoms with Gasteiger partial charge < -0.3 is 14.2 Å². The lowest BCUT2D eigenvalue weighted by Gasteiger charge is -2.19. The third-order valence-electron chi connectivity index (χ3n) is 5.76. The Morgan fingerprint density at radius 3 is 2.36 bits per heavy atom. The van der Waals surface area contributed by atoms with E-state index in [9.17, 15) is 9.59 Å². The first-order valence-corrected chi connectivity index (χ1v) is 9.76. The van der Waals surface area contributed by atoms with Crippen LogP contribution in [-0.2, 0) is 11.2 Å². The zero-order valence-electron chi connectivity index (χ0n) is 16.2. The predicted molar refractivity (Wildman–Crippen MR) is 105 cm³/mol. The predicted octanol–water partition coefficient (Wildman–Crippen LogP) is 4.60. The molecule has 0 bridgehead atoms. The molecule has 2 aliphatic carbocycles.